The van der Waals surface area contributed by atoms with E-state index in [1.54, 1.807) is 22.9 Å². The van der Waals surface area contributed by atoms with Gasteiger partial charge in [0.1, 0.15) is 10.3 Å². The van der Waals surface area contributed by atoms with E-state index in [0.29, 0.717) is 30.1 Å². The van der Waals surface area contributed by atoms with Crippen molar-refractivity contribution in [1.29, 1.82) is 0 Å². The molecule has 1 aromatic rings. The molecule has 1 aromatic heterocycles. The Balaban J connectivity index is 1.78. The van der Waals surface area contributed by atoms with Gasteiger partial charge in [0.15, 0.2) is 6.23 Å². The molecular weight excluding hydrogens is 486 g/mol. The van der Waals surface area contributed by atoms with Gasteiger partial charge in [-0.1, -0.05) is 0 Å². The summed E-state index contributed by atoms with van der Waals surface area (Å²) < 4.78 is 8.72. The van der Waals surface area contributed by atoms with Crippen LogP contribution in [0.15, 0.2) is 15.1 Å². The predicted octanol–water partition coefficient (Wildman–Crippen LogP) is 1.24. The Morgan fingerprint density at radius 3 is 2.70 bits per heavy atom. The summed E-state index contributed by atoms with van der Waals surface area (Å²) in [5.74, 6) is -0.242. The van der Waals surface area contributed by atoms with Crippen LogP contribution in [0.25, 0.3) is 0 Å². The summed E-state index contributed by atoms with van der Waals surface area (Å²) in [5.41, 5.74) is 0.479. The smallest absolute Gasteiger partial charge is 0.321 e. The molecule has 11 heteroatoms. The number of methoxy groups -OCH3 is 1. The minimum atomic E-state index is -0.785. The summed E-state index contributed by atoms with van der Waals surface area (Å²) >= 11 is 6.92. The number of fused-ring (bicyclic) bond motifs is 1. The van der Waals surface area contributed by atoms with Crippen molar-refractivity contribution in [3.05, 3.63) is 20.8 Å². The van der Waals surface area contributed by atoms with Crippen LogP contribution < -0.4 is 5.32 Å². The highest BCUT2D eigenvalue weighted by Gasteiger charge is 2.38. The summed E-state index contributed by atoms with van der Waals surface area (Å²) in [5, 5.41) is 13.5. The van der Waals surface area contributed by atoms with E-state index in [-0.39, 0.29) is 24.5 Å². The van der Waals surface area contributed by atoms with Crippen molar-refractivity contribution in [2.75, 3.05) is 41.1 Å². The normalized spacial score (nSPS) is 24.8. The van der Waals surface area contributed by atoms with Gasteiger partial charge in [0, 0.05) is 27.1 Å². The lowest BCUT2D eigenvalue weighted by Gasteiger charge is -2.40. The van der Waals surface area contributed by atoms with Crippen molar-refractivity contribution in [2.45, 2.75) is 24.8 Å². The maximum atomic E-state index is 12.3. The van der Waals surface area contributed by atoms with Crippen molar-refractivity contribution in [1.82, 2.24) is 24.6 Å². The number of halogens is 2. The summed E-state index contributed by atoms with van der Waals surface area (Å²) in [6.07, 6.45) is -1.06. The lowest BCUT2D eigenvalue weighted by molar-refractivity contribution is -0.0103. The molecule has 0 spiro atoms. The first-order chi connectivity index (χ1) is 12.7. The van der Waals surface area contributed by atoms with Crippen LogP contribution in [-0.4, -0.2) is 89.7 Å². The Labute approximate surface area is 174 Å². The average Bonchev–Trinajstić information content (AvgIpc) is 2.90. The minimum Gasteiger partial charge on any atom is -0.391 e. The topological polar surface area (TPSA) is 90.3 Å². The molecule has 2 aliphatic rings. The Morgan fingerprint density at radius 1 is 1.33 bits per heavy atom. The molecule has 1 saturated heterocycles. The predicted molar refractivity (Wildman–Crippen MR) is 105 cm³/mol. The van der Waals surface area contributed by atoms with Crippen molar-refractivity contribution >= 4 is 43.8 Å². The second-order valence-corrected chi connectivity index (χ2v) is 8.57. The molecule has 1 unspecified atom stereocenters. The number of ether oxygens (including phenoxy) is 1. The molecule has 0 radical (unpaired) electrons. The number of carbonyl (C=O) groups excluding carboxylic acids is 2. The number of urea groups is 1. The monoisotopic (exact) mass is 507 g/mol. The lowest BCUT2D eigenvalue weighted by Crippen LogP contribution is -2.57. The van der Waals surface area contributed by atoms with Gasteiger partial charge in [-0.05, 0) is 45.0 Å². The van der Waals surface area contributed by atoms with E-state index in [9.17, 15) is 14.7 Å². The fraction of sp³-hybridized carbons (Fsp3) is 0.625. The molecule has 150 valence electrons. The van der Waals surface area contributed by atoms with Crippen LogP contribution in [0.1, 0.15) is 23.0 Å². The van der Waals surface area contributed by atoms with E-state index in [0.717, 1.165) is 4.47 Å². The molecule has 0 aromatic carbocycles. The van der Waals surface area contributed by atoms with E-state index in [1.165, 1.54) is 7.11 Å². The minimum absolute atomic E-state index is 0.113. The number of nitrogens with zero attached hydrogens (tertiary/aromatic N) is 4. The number of hydrogen-bond acceptors (Lipinski definition) is 5. The Bertz CT molecular complexity index is 743. The first-order valence-electron chi connectivity index (χ1n) is 8.49. The van der Waals surface area contributed by atoms with Crippen LogP contribution in [0.4, 0.5) is 4.79 Å². The average molecular weight is 509 g/mol. The number of hydrogen-bond donors (Lipinski definition) is 2. The van der Waals surface area contributed by atoms with Gasteiger partial charge < -0.3 is 29.5 Å². The second-order valence-electron chi connectivity index (χ2n) is 6.97. The van der Waals surface area contributed by atoms with Crippen molar-refractivity contribution in [3.8, 4) is 0 Å². The van der Waals surface area contributed by atoms with Gasteiger partial charge in [0.2, 0.25) is 0 Å². The highest BCUT2D eigenvalue weighted by Crippen LogP contribution is 2.36. The fourth-order valence-corrected chi connectivity index (χ4v) is 4.63. The van der Waals surface area contributed by atoms with Gasteiger partial charge in [-0.2, -0.15) is 0 Å². The van der Waals surface area contributed by atoms with Crippen LogP contribution >= 0.6 is 31.9 Å². The molecule has 3 amide bonds. The second kappa shape index (κ2) is 8.08. The molecule has 27 heavy (non-hydrogen) atoms. The summed E-state index contributed by atoms with van der Waals surface area (Å²) in [6.45, 7) is 1.21. The van der Waals surface area contributed by atoms with Gasteiger partial charge in [-0.15, -0.1) is 0 Å². The third-order valence-electron chi connectivity index (χ3n) is 4.78. The Morgan fingerprint density at radius 2 is 2.04 bits per heavy atom. The maximum absolute atomic E-state index is 12.3. The first kappa shape index (κ1) is 20.6. The van der Waals surface area contributed by atoms with Crippen LogP contribution in [0.5, 0.6) is 0 Å². The van der Waals surface area contributed by atoms with Crippen molar-refractivity contribution in [3.63, 3.8) is 0 Å². The fourth-order valence-electron chi connectivity index (χ4n) is 3.65. The number of aromatic nitrogens is 1. The van der Waals surface area contributed by atoms with E-state index >= 15 is 0 Å². The van der Waals surface area contributed by atoms with Crippen LogP contribution in [0.3, 0.4) is 0 Å². The molecule has 0 saturated carbocycles. The van der Waals surface area contributed by atoms with E-state index in [4.69, 9.17) is 4.74 Å². The van der Waals surface area contributed by atoms with Gasteiger partial charge in [-0.3, -0.25) is 9.69 Å². The standard InChI is InChI=1S/C16H23Br2N5O4/c1-20-7-21(2)16(26)22(8-20)6-9(24)4-12-15(27-3)19-14(25)11-5-10(17)13(18)23(11)12/h5,9,12,15,24H,4,6-8H2,1-3H3,(H,19,25)/t9?,12-,15-/m1/s1. The molecular formula is C16H23Br2N5O4. The molecule has 3 heterocycles. The zero-order valence-corrected chi connectivity index (χ0v) is 18.5. The number of nitrogens with one attached hydrogen (secondary N) is 1. The number of rotatable bonds is 5. The van der Waals surface area contributed by atoms with E-state index in [1.807, 2.05) is 16.5 Å². The molecule has 3 rings (SSSR count). The summed E-state index contributed by atoms with van der Waals surface area (Å²) in [6, 6.07) is 1.29. The van der Waals surface area contributed by atoms with Gasteiger partial charge in [0.05, 0.1) is 30.0 Å². The summed E-state index contributed by atoms with van der Waals surface area (Å²) in [7, 11) is 5.16. The number of amides is 3. The number of aliphatic hydroxyl groups is 1. The van der Waals surface area contributed by atoms with Crippen LogP contribution in [0.2, 0.25) is 0 Å². The number of carbonyl (C=O) groups is 2. The van der Waals surface area contributed by atoms with Crippen LogP contribution in [0, 0.1) is 0 Å². The maximum Gasteiger partial charge on any atom is 0.321 e. The zero-order chi connectivity index (χ0) is 19.9. The quantitative estimate of drug-likeness (QED) is 0.624. The molecule has 2 aliphatic heterocycles. The van der Waals surface area contributed by atoms with E-state index < -0.39 is 12.3 Å². The highest BCUT2D eigenvalue weighted by molar-refractivity contribution is 9.13. The highest BCUT2D eigenvalue weighted by atomic mass is 79.9. The SMILES string of the molecule is CO[C@H]1NC(=O)c2cc(Br)c(Br)n2[C@@H]1CC(O)CN1CN(C)CN(C)C1=O. The largest absolute Gasteiger partial charge is 0.391 e. The molecule has 9 nitrogen and oxygen atoms in total. The zero-order valence-electron chi connectivity index (χ0n) is 15.4. The number of aliphatic hydroxyl groups excluding tert-OH is 1. The van der Waals surface area contributed by atoms with Crippen molar-refractivity contribution < 1.29 is 19.4 Å². The van der Waals surface area contributed by atoms with Crippen molar-refractivity contribution in [2.24, 2.45) is 0 Å². The number of β-amino-alcohol motifs (C(OH)–C–C–N with tert-alkyl or cyclic N) is 1. The summed E-state index contributed by atoms with van der Waals surface area (Å²) in [4.78, 5) is 29.8. The molecule has 0 bridgehead atoms. The van der Waals surface area contributed by atoms with Gasteiger partial charge in [-0.25, -0.2) is 4.79 Å². The molecule has 1 fully saturated rings. The van der Waals surface area contributed by atoms with Gasteiger partial charge in [0.25, 0.3) is 5.91 Å². The first-order valence-corrected chi connectivity index (χ1v) is 10.1. The third kappa shape index (κ3) is 4.02. The van der Waals surface area contributed by atoms with Gasteiger partial charge >= 0.3 is 6.03 Å². The molecule has 3 atom stereocenters. The molecule has 2 N–H and O–H groups in total. The Hall–Kier alpha value is -1.14. The van der Waals surface area contributed by atoms with Crippen LogP contribution in [-0.2, 0) is 4.74 Å². The lowest BCUT2D eigenvalue weighted by atomic mass is 10.0. The third-order valence-corrected chi connectivity index (χ3v) is 6.73. The molecule has 0 aliphatic carbocycles. The van der Waals surface area contributed by atoms with E-state index in [2.05, 4.69) is 37.2 Å². The Kier molecular flexibility index (Phi) is 6.16.